The van der Waals surface area contributed by atoms with E-state index in [1.165, 1.54) is 12.1 Å². The number of hydrogen-bond acceptors (Lipinski definition) is 4. The van der Waals surface area contributed by atoms with Crippen LogP contribution in [0.25, 0.3) is 0 Å². The van der Waals surface area contributed by atoms with Gasteiger partial charge in [-0.05, 0) is 25.1 Å². The fourth-order valence-electron chi connectivity index (χ4n) is 2.14. The molecule has 0 saturated heterocycles. The third kappa shape index (κ3) is 9.11. The standard InChI is InChI=1S/C18H21F3N4O2.HI/c1-2-23-17(24-10-11-26-15-7-5-9-22-13-15)25-12-14-6-3-4-8-16(14)27-18(19,20)21;/h3-9,13H,2,10-12H2,1H3,(H2,23,24,25);1H. The van der Waals surface area contributed by atoms with Crippen molar-refractivity contribution < 1.29 is 22.6 Å². The number of nitrogens with zero attached hydrogens (tertiary/aromatic N) is 2. The minimum absolute atomic E-state index is 0. The third-order valence-corrected chi connectivity index (χ3v) is 3.25. The zero-order valence-electron chi connectivity index (χ0n) is 15.2. The number of pyridine rings is 1. The highest BCUT2D eigenvalue weighted by molar-refractivity contribution is 14.0. The van der Waals surface area contributed by atoms with E-state index in [1.54, 1.807) is 36.7 Å². The highest BCUT2D eigenvalue weighted by Gasteiger charge is 2.31. The van der Waals surface area contributed by atoms with Crippen molar-refractivity contribution >= 4 is 29.9 Å². The average Bonchev–Trinajstić information content (AvgIpc) is 2.64. The Bertz CT molecular complexity index is 730. The molecule has 6 nitrogen and oxygen atoms in total. The monoisotopic (exact) mass is 510 g/mol. The molecule has 154 valence electrons. The van der Waals surface area contributed by atoms with E-state index < -0.39 is 6.36 Å². The highest BCUT2D eigenvalue weighted by Crippen LogP contribution is 2.26. The van der Waals surface area contributed by atoms with Crippen molar-refractivity contribution in [1.82, 2.24) is 15.6 Å². The lowest BCUT2D eigenvalue weighted by atomic mass is 10.2. The van der Waals surface area contributed by atoms with Crippen LogP contribution < -0.4 is 20.1 Å². The summed E-state index contributed by atoms with van der Waals surface area (Å²) < 4.78 is 47.0. The van der Waals surface area contributed by atoms with Crippen molar-refractivity contribution in [2.24, 2.45) is 4.99 Å². The maximum absolute atomic E-state index is 12.5. The van der Waals surface area contributed by atoms with E-state index in [9.17, 15) is 13.2 Å². The number of hydrogen-bond donors (Lipinski definition) is 2. The molecule has 0 radical (unpaired) electrons. The molecule has 0 saturated carbocycles. The van der Waals surface area contributed by atoms with Crippen LogP contribution in [0.3, 0.4) is 0 Å². The van der Waals surface area contributed by atoms with Crippen molar-refractivity contribution in [3.8, 4) is 11.5 Å². The van der Waals surface area contributed by atoms with Crippen LogP contribution >= 0.6 is 24.0 Å². The van der Waals surface area contributed by atoms with Gasteiger partial charge in [0.1, 0.15) is 18.1 Å². The van der Waals surface area contributed by atoms with E-state index in [0.717, 1.165) is 0 Å². The lowest BCUT2D eigenvalue weighted by Gasteiger charge is -2.14. The van der Waals surface area contributed by atoms with Crippen LogP contribution in [-0.2, 0) is 6.54 Å². The fraction of sp³-hybridized carbons (Fsp3) is 0.333. The highest BCUT2D eigenvalue weighted by atomic mass is 127. The second kappa shape index (κ2) is 12.3. The van der Waals surface area contributed by atoms with Gasteiger partial charge in [0.05, 0.1) is 19.3 Å². The first-order valence-electron chi connectivity index (χ1n) is 8.36. The molecule has 0 aliphatic carbocycles. The van der Waals surface area contributed by atoms with Crippen molar-refractivity contribution in [3.63, 3.8) is 0 Å². The molecule has 1 aromatic heterocycles. The molecule has 0 fully saturated rings. The molecule has 10 heteroatoms. The molecule has 0 spiro atoms. The fourth-order valence-corrected chi connectivity index (χ4v) is 2.14. The number of nitrogens with one attached hydrogen (secondary N) is 2. The second-order valence-electron chi connectivity index (χ2n) is 5.31. The molecule has 28 heavy (non-hydrogen) atoms. The SMILES string of the molecule is CCNC(=NCc1ccccc1OC(F)(F)F)NCCOc1cccnc1.I. The number of halogens is 4. The van der Waals surface area contributed by atoms with Crippen LogP contribution in [0, 0.1) is 0 Å². The van der Waals surface area contributed by atoms with Gasteiger partial charge >= 0.3 is 6.36 Å². The normalized spacial score (nSPS) is 11.4. The number of ether oxygens (including phenoxy) is 2. The summed E-state index contributed by atoms with van der Waals surface area (Å²) in [6.07, 6.45) is -1.48. The van der Waals surface area contributed by atoms with Crippen LogP contribution in [0.4, 0.5) is 13.2 Å². The number of para-hydroxylation sites is 1. The molecular weight excluding hydrogens is 488 g/mol. The summed E-state index contributed by atoms with van der Waals surface area (Å²) in [5.41, 5.74) is 0.332. The smallest absolute Gasteiger partial charge is 0.490 e. The number of aromatic nitrogens is 1. The quantitative estimate of drug-likeness (QED) is 0.245. The van der Waals surface area contributed by atoms with E-state index in [1.807, 2.05) is 6.92 Å². The largest absolute Gasteiger partial charge is 0.573 e. The summed E-state index contributed by atoms with van der Waals surface area (Å²) >= 11 is 0. The van der Waals surface area contributed by atoms with E-state index in [0.29, 0.717) is 37.0 Å². The van der Waals surface area contributed by atoms with Gasteiger partial charge in [0.25, 0.3) is 0 Å². The first kappa shape index (κ1) is 23.8. The van der Waals surface area contributed by atoms with Gasteiger partial charge in [0.15, 0.2) is 5.96 Å². The van der Waals surface area contributed by atoms with Gasteiger partial charge in [-0.25, -0.2) is 4.99 Å². The molecule has 2 rings (SSSR count). The lowest BCUT2D eigenvalue weighted by molar-refractivity contribution is -0.274. The molecule has 0 aliphatic heterocycles. The van der Waals surface area contributed by atoms with Crippen molar-refractivity contribution in [2.75, 3.05) is 19.7 Å². The van der Waals surface area contributed by atoms with Crippen LogP contribution in [0.1, 0.15) is 12.5 Å². The summed E-state index contributed by atoms with van der Waals surface area (Å²) in [6, 6.07) is 9.49. The number of aliphatic imine (C=N–C) groups is 1. The van der Waals surface area contributed by atoms with Crippen LogP contribution in [0.5, 0.6) is 11.5 Å². The molecular formula is C18H22F3IN4O2. The van der Waals surface area contributed by atoms with Gasteiger partial charge < -0.3 is 20.1 Å². The van der Waals surface area contributed by atoms with Crippen LogP contribution in [0.15, 0.2) is 53.8 Å². The molecule has 0 bridgehead atoms. The Hall–Kier alpha value is -2.24. The van der Waals surface area contributed by atoms with Crippen molar-refractivity contribution in [2.45, 2.75) is 19.8 Å². The average molecular weight is 510 g/mol. The summed E-state index contributed by atoms with van der Waals surface area (Å²) in [4.78, 5) is 8.25. The minimum Gasteiger partial charge on any atom is -0.490 e. The van der Waals surface area contributed by atoms with E-state index in [-0.39, 0.29) is 36.3 Å². The minimum atomic E-state index is -4.74. The van der Waals surface area contributed by atoms with Crippen LogP contribution in [-0.4, -0.2) is 37.0 Å². The van der Waals surface area contributed by atoms with Gasteiger partial charge in [-0.15, -0.1) is 37.1 Å². The number of benzene rings is 1. The molecule has 0 atom stereocenters. The van der Waals surface area contributed by atoms with Gasteiger partial charge in [-0.1, -0.05) is 18.2 Å². The lowest BCUT2D eigenvalue weighted by Crippen LogP contribution is -2.39. The van der Waals surface area contributed by atoms with Gasteiger partial charge in [-0.3, -0.25) is 4.98 Å². The van der Waals surface area contributed by atoms with Gasteiger partial charge in [-0.2, -0.15) is 0 Å². The Morgan fingerprint density at radius 1 is 1.14 bits per heavy atom. The Balaban J connectivity index is 0.00000392. The summed E-state index contributed by atoms with van der Waals surface area (Å²) in [5.74, 6) is 0.859. The Kier molecular flexibility index (Phi) is 10.4. The van der Waals surface area contributed by atoms with E-state index in [4.69, 9.17) is 4.74 Å². The maximum atomic E-state index is 12.5. The topological polar surface area (TPSA) is 67.8 Å². The predicted molar refractivity (Wildman–Crippen MR) is 111 cm³/mol. The van der Waals surface area contributed by atoms with Crippen molar-refractivity contribution in [1.29, 1.82) is 0 Å². The zero-order chi connectivity index (χ0) is 19.5. The van der Waals surface area contributed by atoms with Gasteiger partial charge in [0, 0.05) is 18.3 Å². The van der Waals surface area contributed by atoms with E-state index >= 15 is 0 Å². The first-order chi connectivity index (χ1) is 13.0. The number of rotatable bonds is 8. The molecule has 2 aromatic rings. The third-order valence-electron chi connectivity index (χ3n) is 3.25. The molecule has 2 N–H and O–H groups in total. The second-order valence-corrected chi connectivity index (χ2v) is 5.31. The summed E-state index contributed by atoms with van der Waals surface area (Å²) in [6.45, 7) is 3.37. The summed E-state index contributed by atoms with van der Waals surface area (Å²) in [5, 5.41) is 6.09. The van der Waals surface area contributed by atoms with Crippen molar-refractivity contribution in [3.05, 3.63) is 54.4 Å². The summed E-state index contributed by atoms with van der Waals surface area (Å²) in [7, 11) is 0. The Morgan fingerprint density at radius 2 is 1.93 bits per heavy atom. The first-order valence-corrected chi connectivity index (χ1v) is 8.36. The Morgan fingerprint density at radius 3 is 2.61 bits per heavy atom. The zero-order valence-corrected chi connectivity index (χ0v) is 17.5. The maximum Gasteiger partial charge on any atom is 0.573 e. The molecule has 1 heterocycles. The van der Waals surface area contributed by atoms with Gasteiger partial charge in [0.2, 0.25) is 0 Å². The predicted octanol–water partition coefficient (Wildman–Crippen LogP) is 3.73. The molecule has 0 aliphatic rings. The number of alkyl halides is 3. The molecule has 0 amide bonds. The molecule has 0 unspecified atom stereocenters. The van der Waals surface area contributed by atoms with E-state index in [2.05, 4.69) is 25.3 Å². The Labute approximate surface area is 178 Å². The number of guanidine groups is 1. The van der Waals surface area contributed by atoms with Crippen LogP contribution in [0.2, 0.25) is 0 Å². The molecule has 1 aromatic carbocycles.